The van der Waals surface area contributed by atoms with E-state index in [4.69, 9.17) is 0 Å². The van der Waals surface area contributed by atoms with Crippen molar-refractivity contribution in [1.82, 2.24) is 0 Å². The highest BCUT2D eigenvalue weighted by Gasteiger charge is 2.11. The van der Waals surface area contributed by atoms with E-state index >= 15 is 0 Å². The lowest BCUT2D eigenvalue weighted by Crippen LogP contribution is -2.08. The van der Waals surface area contributed by atoms with Gasteiger partial charge in [-0.1, -0.05) is 33.9 Å². The molecule has 0 unspecified atom stereocenters. The smallest absolute Gasteiger partial charge is 0.115 e. The van der Waals surface area contributed by atoms with Gasteiger partial charge in [-0.15, -0.1) is 0 Å². The highest BCUT2D eigenvalue weighted by molar-refractivity contribution is 5.85. The first-order chi connectivity index (χ1) is 5.48. The van der Waals surface area contributed by atoms with Crippen LogP contribution in [-0.2, 0) is 0 Å². The zero-order valence-corrected chi connectivity index (χ0v) is 8.04. The number of hydrogen-bond donors (Lipinski definition) is 0. The van der Waals surface area contributed by atoms with E-state index in [0.29, 0.717) is 0 Å². The first kappa shape index (κ1) is 10.8. The fourth-order valence-corrected chi connectivity index (χ4v) is 0.403. The summed E-state index contributed by atoms with van der Waals surface area (Å²) in [5.74, 6) is 0. The Kier molecular flexibility index (Phi) is 4.19. The summed E-state index contributed by atoms with van der Waals surface area (Å²) >= 11 is 0. The Labute approximate surface area is 74.4 Å². The normalized spacial score (nSPS) is 12.6. The predicted molar refractivity (Wildman–Crippen MR) is 55.8 cm³/mol. The van der Waals surface area contributed by atoms with Gasteiger partial charge >= 0.3 is 0 Å². The Bertz CT molecular complexity index is 216. The molecular formula is C10H16N2. The molecule has 0 heterocycles. The van der Waals surface area contributed by atoms with Crippen LogP contribution in [0, 0.1) is 5.41 Å². The zero-order valence-electron chi connectivity index (χ0n) is 8.04. The van der Waals surface area contributed by atoms with Crippen LogP contribution in [0.4, 0.5) is 0 Å². The third-order valence-corrected chi connectivity index (χ3v) is 1.43. The molecule has 0 aromatic heterocycles. The highest BCUT2D eigenvalue weighted by Crippen LogP contribution is 2.21. The Balaban J connectivity index is 4.10. The van der Waals surface area contributed by atoms with Gasteiger partial charge < -0.3 is 0 Å². The van der Waals surface area contributed by atoms with Crippen LogP contribution in [0.5, 0.6) is 0 Å². The van der Waals surface area contributed by atoms with Crippen molar-refractivity contribution in [2.24, 2.45) is 15.4 Å². The van der Waals surface area contributed by atoms with Crippen molar-refractivity contribution in [1.29, 1.82) is 0 Å². The molecule has 0 aromatic carbocycles. The first-order valence-corrected chi connectivity index (χ1v) is 3.83. The van der Waals surface area contributed by atoms with Crippen LogP contribution >= 0.6 is 0 Å². The van der Waals surface area contributed by atoms with Crippen molar-refractivity contribution in [2.75, 3.05) is 0 Å². The van der Waals surface area contributed by atoms with E-state index in [9.17, 15) is 0 Å². The van der Waals surface area contributed by atoms with E-state index in [0.717, 1.165) is 5.57 Å². The van der Waals surface area contributed by atoms with Crippen molar-refractivity contribution in [2.45, 2.75) is 20.8 Å². The maximum absolute atomic E-state index is 3.94. The minimum Gasteiger partial charge on any atom is -0.246 e. The number of aliphatic imine (C=N–C) groups is 2. The fraction of sp³-hybridized carbons (Fsp3) is 0.400. The maximum Gasteiger partial charge on any atom is 0.115 e. The Morgan fingerprint density at radius 2 is 1.83 bits per heavy atom. The van der Waals surface area contributed by atoms with E-state index in [1.165, 1.54) is 12.5 Å². The Morgan fingerprint density at radius 1 is 1.25 bits per heavy atom. The summed E-state index contributed by atoms with van der Waals surface area (Å²) in [5, 5.41) is 0. The molecule has 12 heavy (non-hydrogen) atoms. The number of allylic oxidation sites excluding steroid dienone is 1. The van der Waals surface area contributed by atoms with E-state index in [-0.39, 0.29) is 5.41 Å². The van der Waals surface area contributed by atoms with Gasteiger partial charge in [-0.3, -0.25) is 0 Å². The van der Waals surface area contributed by atoms with Crippen molar-refractivity contribution in [3.63, 3.8) is 0 Å². The van der Waals surface area contributed by atoms with Gasteiger partial charge in [0.15, 0.2) is 0 Å². The average molecular weight is 164 g/mol. The van der Waals surface area contributed by atoms with Crippen molar-refractivity contribution in [3.8, 4) is 0 Å². The van der Waals surface area contributed by atoms with Crippen LogP contribution in [0.25, 0.3) is 0 Å². The van der Waals surface area contributed by atoms with Crippen LogP contribution in [-0.4, -0.2) is 12.6 Å². The third-order valence-electron chi connectivity index (χ3n) is 1.43. The van der Waals surface area contributed by atoms with Gasteiger partial charge in [0, 0.05) is 12.4 Å². The van der Waals surface area contributed by atoms with Crippen molar-refractivity contribution >= 4 is 12.6 Å². The zero-order chi connectivity index (χ0) is 9.61. The summed E-state index contributed by atoms with van der Waals surface area (Å²) in [6.07, 6.45) is 4.61. The SMILES string of the molecule is C=CN=CN=CC(=C)C(C)(C)C. The lowest BCUT2D eigenvalue weighted by molar-refractivity contribution is 0.528. The first-order valence-electron chi connectivity index (χ1n) is 3.83. The monoisotopic (exact) mass is 164 g/mol. The fourth-order valence-electron chi connectivity index (χ4n) is 0.403. The quantitative estimate of drug-likeness (QED) is 0.452. The van der Waals surface area contributed by atoms with Gasteiger partial charge in [0.25, 0.3) is 0 Å². The largest absolute Gasteiger partial charge is 0.246 e. The van der Waals surface area contributed by atoms with Crippen LogP contribution < -0.4 is 0 Å². The van der Waals surface area contributed by atoms with Crippen molar-refractivity contribution < 1.29 is 0 Å². The molecule has 0 aromatic rings. The Hall–Kier alpha value is -1.18. The topological polar surface area (TPSA) is 24.7 Å². The van der Waals surface area contributed by atoms with E-state index in [1.54, 1.807) is 6.21 Å². The van der Waals surface area contributed by atoms with E-state index < -0.39 is 0 Å². The van der Waals surface area contributed by atoms with Crippen LogP contribution in [0.1, 0.15) is 20.8 Å². The molecule has 0 fully saturated rings. The second-order valence-corrected chi connectivity index (χ2v) is 3.50. The molecule has 0 saturated heterocycles. The summed E-state index contributed by atoms with van der Waals surface area (Å²) in [4.78, 5) is 7.67. The van der Waals surface area contributed by atoms with E-state index in [1.807, 2.05) is 0 Å². The van der Waals surface area contributed by atoms with E-state index in [2.05, 4.69) is 43.9 Å². The number of hydrogen-bond acceptors (Lipinski definition) is 1. The molecule has 2 heteroatoms. The van der Waals surface area contributed by atoms with Crippen LogP contribution in [0.15, 0.2) is 34.9 Å². The molecule has 0 N–H and O–H groups in total. The van der Waals surface area contributed by atoms with Crippen molar-refractivity contribution in [3.05, 3.63) is 24.9 Å². The number of nitrogens with zero attached hydrogens (tertiary/aromatic N) is 2. The summed E-state index contributed by atoms with van der Waals surface area (Å²) < 4.78 is 0. The lowest BCUT2D eigenvalue weighted by Gasteiger charge is -2.17. The molecule has 0 rings (SSSR count). The standard InChI is InChI=1S/C10H16N2/c1-6-11-8-12-7-9(2)10(3,4)5/h6-8H,1-2H2,3-5H3. The van der Waals surface area contributed by atoms with Gasteiger partial charge in [-0.25, -0.2) is 9.98 Å². The minimum atomic E-state index is 0.0749. The minimum absolute atomic E-state index is 0.0749. The average Bonchev–Trinajstić information content (AvgIpc) is 1.96. The molecule has 2 nitrogen and oxygen atoms in total. The summed E-state index contributed by atoms with van der Waals surface area (Å²) in [6, 6.07) is 0. The third kappa shape index (κ3) is 4.61. The second-order valence-electron chi connectivity index (χ2n) is 3.50. The summed E-state index contributed by atoms with van der Waals surface area (Å²) in [6.45, 7) is 13.6. The predicted octanol–water partition coefficient (Wildman–Crippen LogP) is 2.83. The molecule has 0 atom stereocenters. The maximum atomic E-state index is 3.94. The Morgan fingerprint density at radius 3 is 2.25 bits per heavy atom. The van der Waals surface area contributed by atoms with Crippen LogP contribution in [0.2, 0.25) is 0 Å². The highest BCUT2D eigenvalue weighted by atomic mass is 14.8. The summed E-state index contributed by atoms with van der Waals surface area (Å²) in [7, 11) is 0. The molecule has 0 aliphatic rings. The van der Waals surface area contributed by atoms with Gasteiger partial charge in [0.05, 0.1) is 0 Å². The second kappa shape index (κ2) is 4.65. The van der Waals surface area contributed by atoms with Gasteiger partial charge in [-0.05, 0) is 11.0 Å². The molecule has 66 valence electrons. The molecule has 0 radical (unpaired) electrons. The number of rotatable bonds is 3. The molecule has 0 amide bonds. The molecular weight excluding hydrogens is 148 g/mol. The van der Waals surface area contributed by atoms with Gasteiger partial charge in [0.2, 0.25) is 0 Å². The van der Waals surface area contributed by atoms with Crippen LogP contribution in [0.3, 0.4) is 0 Å². The van der Waals surface area contributed by atoms with Gasteiger partial charge in [0.1, 0.15) is 6.34 Å². The molecule has 0 saturated carbocycles. The molecule has 0 aliphatic heterocycles. The molecule has 0 bridgehead atoms. The molecule has 0 spiro atoms. The lowest BCUT2D eigenvalue weighted by atomic mass is 9.88. The van der Waals surface area contributed by atoms with Gasteiger partial charge in [-0.2, -0.15) is 0 Å². The molecule has 0 aliphatic carbocycles. The summed E-state index contributed by atoms with van der Waals surface area (Å²) in [5.41, 5.74) is 1.06.